The standard InChI is InChI=1S/C21H24N2O/c1-14-11-17(18-12-20(18)22-13-15-7-8-15)9-10-19(14)23-21(24)16-5-3-2-4-6-16/h2-6,9-11,15,18,20,22H,7-8,12-13H2,1H3,(H,23,24)/t18-,20+/m0/s1. The molecule has 1 amide bonds. The van der Waals surface area contributed by atoms with E-state index in [1.54, 1.807) is 0 Å². The van der Waals surface area contributed by atoms with Crippen molar-refractivity contribution in [1.29, 1.82) is 0 Å². The third-order valence-electron chi connectivity index (χ3n) is 5.12. The van der Waals surface area contributed by atoms with Crippen LogP contribution in [0.1, 0.15) is 46.7 Å². The molecular weight excluding hydrogens is 296 g/mol. The Morgan fingerprint density at radius 3 is 2.62 bits per heavy atom. The van der Waals surface area contributed by atoms with Gasteiger partial charge in [-0.2, -0.15) is 0 Å². The van der Waals surface area contributed by atoms with E-state index in [-0.39, 0.29) is 5.91 Å². The molecular formula is C21H24N2O. The van der Waals surface area contributed by atoms with Crippen LogP contribution in [0, 0.1) is 12.8 Å². The van der Waals surface area contributed by atoms with Gasteiger partial charge in [0.05, 0.1) is 0 Å². The van der Waals surface area contributed by atoms with E-state index in [9.17, 15) is 4.79 Å². The summed E-state index contributed by atoms with van der Waals surface area (Å²) in [6, 6.07) is 16.4. The van der Waals surface area contributed by atoms with Gasteiger partial charge in [0.2, 0.25) is 0 Å². The minimum Gasteiger partial charge on any atom is -0.322 e. The molecule has 2 aliphatic rings. The minimum absolute atomic E-state index is 0.0538. The predicted molar refractivity (Wildman–Crippen MR) is 97.4 cm³/mol. The molecule has 24 heavy (non-hydrogen) atoms. The highest BCUT2D eigenvalue weighted by atomic mass is 16.1. The van der Waals surface area contributed by atoms with Crippen molar-refractivity contribution in [2.75, 3.05) is 11.9 Å². The van der Waals surface area contributed by atoms with E-state index < -0.39 is 0 Å². The molecule has 0 unspecified atom stereocenters. The van der Waals surface area contributed by atoms with Crippen LogP contribution in [0.4, 0.5) is 5.69 Å². The first-order chi connectivity index (χ1) is 11.7. The minimum atomic E-state index is -0.0538. The predicted octanol–water partition coefficient (Wildman–Crippen LogP) is 4.10. The van der Waals surface area contributed by atoms with Crippen LogP contribution in [-0.2, 0) is 0 Å². The molecule has 0 saturated heterocycles. The summed E-state index contributed by atoms with van der Waals surface area (Å²) in [5.41, 5.74) is 4.10. The molecule has 0 spiro atoms. The summed E-state index contributed by atoms with van der Waals surface area (Å²) in [7, 11) is 0. The number of carbonyl (C=O) groups excluding carboxylic acids is 1. The highest BCUT2D eigenvalue weighted by molar-refractivity contribution is 6.04. The Balaban J connectivity index is 1.38. The van der Waals surface area contributed by atoms with Gasteiger partial charge in [0.15, 0.2) is 0 Å². The van der Waals surface area contributed by atoms with Gasteiger partial charge in [-0.1, -0.05) is 30.3 Å². The Kier molecular flexibility index (Phi) is 4.11. The zero-order valence-electron chi connectivity index (χ0n) is 14.1. The smallest absolute Gasteiger partial charge is 0.255 e. The second-order valence-corrected chi connectivity index (χ2v) is 7.19. The Labute approximate surface area is 143 Å². The van der Waals surface area contributed by atoms with Crippen molar-refractivity contribution in [2.45, 2.75) is 38.1 Å². The molecule has 2 aromatic rings. The second-order valence-electron chi connectivity index (χ2n) is 7.19. The van der Waals surface area contributed by atoms with Crippen LogP contribution < -0.4 is 10.6 Å². The second kappa shape index (κ2) is 6.40. The summed E-state index contributed by atoms with van der Waals surface area (Å²) in [6.45, 7) is 3.25. The third-order valence-corrected chi connectivity index (χ3v) is 5.12. The van der Waals surface area contributed by atoms with Crippen molar-refractivity contribution in [3.05, 3.63) is 65.2 Å². The molecule has 2 fully saturated rings. The number of nitrogens with one attached hydrogen (secondary N) is 2. The number of amides is 1. The van der Waals surface area contributed by atoms with Gasteiger partial charge in [-0.25, -0.2) is 0 Å². The zero-order chi connectivity index (χ0) is 16.5. The van der Waals surface area contributed by atoms with Gasteiger partial charge in [0, 0.05) is 23.2 Å². The van der Waals surface area contributed by atoms with Crippen molar-refractivity contribution in [3.63, 3.8) is 0 Å². The fourth-order valence-corrected chi connectivity index (χ4v) is 3.27. The van der Waals surface area contributed by atoms with Gasteiger partial charge >= 0.3 is 0 Å². The lowest BCUT2D eigenvalue weighted by molar-refractivity contribution is 0.102. The zero-order valence-corrected chi connectivity index (χ0v) is 14.1. The largest absolute Gasteiger partial charge is 0.322 e. The van der Waals surface area contributed by atoms with E-state index in [4.69, 9.17) is 0 Å². The molecule has 2 atom stereocenters. The SMILES string of the molecule is Cc1cc([C@@H]2C[C@H]2NCC2CC2)ccc1NC(=O)c1ccccc1. The van der Waals surface area contributed by atoms with Crippen LogP contribution in [0.3, 0.4) is 0 Å². The lowest BCUT2D eigenvalue weighted by Gasteiger charge is -2.11. The summed E-state index contributed by atoms with van der Waals surface area (Å²) in [5, 5.41) is 6.70. The van der Waals surface area contributed by atoms with E-state index in [0.717, 1.165) is 17.2 Å². The number of aryl methyl sites for hydroxylation is 1. The number of hydrogen-bond acceptors (Lipinski definition) is 2. The van der Waals surface area contributed by atoms with E-state index in [1.165, 1.54) is 31.4 Å². The molecule has 0 heterocycles. The van der Waals surface area contributed by atoms with Crippen LogP contribution in [0.15, 0.2) is 48.5 Å². The number of benzene rings is 2. The molecule has 2 N–H and O–H groups in total. The number of rotatable bonds is 6. The first-order valence-electron chi connectivity index (χ1n) is 8.91. The molecule has 3 heteroatoms. The Bertz CT molecular complexity index is 737. The van der Waals surface area contributed by atoms with E-state index in [2.05, 4.69) is 29.7 Å². The van der Waals surface area contributed by atoms with Gasteiger partial charge in [-0.15, -0.1) is 0 Å². The molecule has 3 nitrogen and oxygen atoms in total. The summed E-state index contributed by atoms with van der Waals surface area (Å²) in [5.74, 6) is 1.52. The first kappa shape index (κ1) is 15.4. The van der Waals surface area contributed by atoms with Crippen molar-refractivity contribution < 1.29 is 4.79 Å². The van der Waals surface area contributed by atoms with Gasteiger partial charge in [0.25, 0.3) is 5.91 Å². The van der Waals surface area contributed by atoms with Crippen molar-refractivity contribution in [2.24, 2.45) is 5.92 Å². The number of anilines is 1. The van der Waals surface area contributed by atoms with Crippen LogP contribution in [0.2, 0.25) is 0 Å². The summed E-state index contributed by atoms with van der Waals surface area (Å²) >= 11 is 0. The lowest BCUT2D eigenvalue weighted by atomic mass is 10.1. The maximum atomic E-state index is 12.3. The summed E-state index contributed by atoms with van der Waals surface area (Å²) in [4.78, 5) is 12.3. The fraction of sp³-hybridized carbons (Fsp3) is 0.381. The maximum Gasteiger partial charge on any atom is 0.255 e. The average Bonchev–Trinajstić information content (AvgIpc) is 3.50. The molecule has 0 aliphatic heterocycles. The van der Waals surface area contributed by atoms with Crippen molar-refractivity contribution in [1.82, 2.24) is 5.32 Å². The molecule has 2 aromatic carbocycles. The molecule has 4 rings (SSSR count). The van der Waals surface area contributed by atoms with Crippen molar-refractivity contribution in [3.8, 4) is 0 Å². The summed E-state index contributed by atoms with van der Waals surface area (Å²) in [6.07, 6.45) is 4.04. The molecule has 124 valence electrons. The average molecular weight is 320 g/mol. The highest BCUT2D eigenvalue weighted by Gasteiger charge is 2.39. The molecule has 2 aliphatic carbocycles. The van der Waals surface area contributed by atoms with Gasteiger partial charge in [-0.3, -0.25) is 4.79 Å². The highest BCUT2D eigenvalue weighted by Crippen LogP contribution is 2.42. The Hall–Kier alpha value is -2.13. The fourth-order valence-electron chi connectivity index (χ4n) is 3.27. The maximum absolute atomic E-state index is 12.3. The van der Waals surface area contributed by atoms with E-state index in [1.807, 2.05) is 36.4 Å². The molecule has 0 bridgehead atoms. The monoisotopic (exact) mass is 320 g/mol. The quantitative estimate of drug-likeness (QED) is 0.841. The van der Waals surface area contributed by atoms with Crippen LogP contribution >= 0.6 is 0 Å². The molecule has 0 radical (unpaired) electrons. The molecule has 2 saturated carbocycles. The van der Waals surface area contributed by atoms with Crippen molar-refractivity contribution >= 4 is 11.6 Å². The number of hydrogen-bond donors (Lipinski definition) is 2. The third kappa shape index (κ3) is 3.51. The normalized spacial score (nSPS) is 22.2. The van der Waals surface area contributed by atoms with E-state index >= 15 is 0 Å². The van der Waals surface area contributed by atoms with Crippen LogP contribution in [0.25, 0.3) is 0 Å². The topological polar surface area (TPSA) is 41.1 Å². The van der Waals surface area contributed by atoms with Gasteiger partial charge in [-0.05, 0) is 68.0 Å². The van der Waals surface area contributed by atoms with Gasteiger partial charge < -0.3 is 10.6 Å². The van der Waals surface area contributed by atoms with E-state index in [0.29, 0.717) is 17.5 Å². The van der Waals surface area contributed by atoms with Gasteiger partial charge in [0.1, 0.15) is 0 Å². The lowest BCUT2D eigenvalue weighted by Crippen LogP contribution is -2.20. The van der Waals surface area contributed by atoms with Crippen LogP contribution in [-0.4, -0.2) is 18.5 Å². The molecule has 0 aromatic heterocycles. The Morgan fingerprint density at radius 1 is 1.12 bits per heavy atom. The first-order valence-corrected chi connectivity index (χ1v) is 8.91. The summed E-state index contributed by atoms with van der Waals surface area (Å²) < 4.78 is 0. The number of carbonyl (C=O) groups is 1. The Morgan fingerprint density at radius 2 is 1.92 bits per heavy atom. The van der Waals surface area contributed by atoms with Crippen LogP contribution in [0.5, 0.6) is 0 Å².